The molecule has 0 aliphatic heterocycles. The molecule has 0 radical (unpaired) electrons. The number of nitrogens with zero attached hydrogens (tertiary/aromatic N) is 1. The average molecular weight is 133 g/mol. The maximum absolute atomic E-state index is 4.22. The van der Waals surface area contributed by atoms with Crippen molar-refractivity contribution in [2.45, 2.75) is 20.3 Å². The molecule has 0 fully saturated rings. The van der Waals surface area contributed by atoms with Crippen LogP contribution in [-0.2, 0) is 6.42 Å². The molecule has 0 spiro atoms. The molecule has 0 N–H and O–H groups in total. The number of aromatic nitrogens is 1. The molecular formula is C8H12BN. The van der Waals surface area contributed by atoms with Gasteiger partial charge in [0.25, 0.3) is 0 Å². The van der Waals surface area contributed by atoms with E-state index >= 15 is 0 Å². The summed E-state index contributed by atoms with van der Waals surface area (Å²) in [6, 6.07) is 4.10. The van der Waals surface area contributed by atoms with Gasteiger partial charge in [0.05, 0.1) is 0 Å². The molecule has 0 aliphatic carbocycles. The Kier molecular flexibility index (Phi) is 2.61. The molecule has 0 bridgehead atoms. The Hall–Kier alpha value is -0.655. The Morgan fingerprint density at radius 3 is 2.90 bits per heavy atom. The van der Waals surface area contributed by atoms with Gasteiger partial charge in [-0.05, 0) is 0 Å². The molecule has 10 heavy (non-hydrogen) atoms. The number of hydrogen-bond acceptors (Lipinski definition) is 1. The zero-order valence-corrected chi connectivity index (χ0v) is 6.54. The summed E-state index contributed by atoms with van der Waals surface area (Å²) in [7, 11) is 1.84. The maximum atomic E-state index is 4.22. The summed E-state index contributed by atoms with van der Waals surface area (Å²) in [5, 5.41) is 0. The van der Waals surface area contributed by atoms with Crippen LogP contribution in [0.4, 0.5) is 0 Å². The van der Waals surface area contributed by atoms with Crippen molar-refractivity contribution in [2.24, 2.45) is 5.92 Å². The van der Waals surface area contributed by atoms with Crippen molar-refractivity contribution in [3.8, 4) is 0 Å². The minimum absolute atomic E-state index is 0.704. The van der Waals surface area contributed by atoms with Gasteiger partial charge in [0.1, 0.15) is 0 Å². The van der Waals surface area contributed by atoms with Gasteiger partial charge in [0.15, 0.2) is 0 Å². The second kappa shape index (κ2) is 3.50. The van der Waals surface area contributed by atoms with Gasteiger partial charge in [-0.3, -0.25) is 0 Å². The van der Waals surface area contributed by atoms with Crippen LogP contribution in [0.3, 0.4) is 0 Å². The molecule has 0 atom stereocenters. The van der Waals surface area contributed by atoms with Crippen molar-refractivity contribution in [1.82, 2.24) is 4.89 Å². The van der Waals surface area contributed by atoms with Crippen LogP contribution in [0.1, 0.15) is 19.5 Å². The molecule has 1 heterocycles. The van der Waals surface area contributed by atoms with Crippen LogP contribution in [0.15, 0.2) is 18.1 Å². The molecule has 0 aromatic carbocycles. The quantitative estimate of drug-likeness (QED) is 0.597. The van der Waals surface area contributed by atoms with Gasteiger partial charge in [-0.1, -0.05) is 0 Å². The Morgan fingerprint density at radius 1 is 1.60 bits per heavy atom. The van der Waals surface area contributed by atoms with E-state index in [1.807, 2.05) is 19.1 Å². The first kappa shape index (κ1) is 7.45. The molecule has 0 amide bonds. The molecule has 0 saturated carbocycles. The van der Waals surface area contributed by atoms with Crippen LogP contribution >= 0.6 is 0 Å². The van der Waals surface area contributed by atoms with Crippen LogP contribution in [0.2, 0.25) is 0 Å². The third-order valence-electron chi connectivity index (χ3n) is 1.34. The van der Waals surface area contributed by atoms with E-state index in [0.29, 0.717) is 5.92 Å². The fraction of sp³-hybridized carbons (Fsp3) is 0.500. The van der Waals surface area contributed by atoms with E-state index in [4.69, 9.17) is 0 Å². The van der Waals surface area contributed by atoms with E-state index < -0.39 is 0 Å². The van der Waals surface area contributed by atoms with Gasteiger partial charge >= 0.3 is 61.9 Å². The van der Waals surface area contributed by atoms with E-state index in [-0.39, 0.29) is 0 Å². The van der Waals surface area contributed by atoms with E-state index in [2.05, 4.69) is 24.8 Å². The standard InChI is InChI=1S/C8H12BN/c1-7(2)6-8-4-3-5-9-10-8/h3-5,7H,6H2,1-2H3. The van der Waals surface area contributed by atoms with Crippen LogP contribution in [0, 0.1) is 5.92 Å². The number of rotatable bonds is 2. The topological polar surface area (TPSA) is 12.9 Å². The predicted octanol–water partition coefficient (Wildman–Crippen LogP) is 1.62. The van der Waals surface area contributed by atoms with E-state index in [0.717, 1.165) is 6.42 Å². The normalized spacial score (nSPS) is 9.90. The molecular weight excluding hydrogens is 121 g/mol. The summed E-state index contributed by atoms with van der Waals surface area (Å²) < 4.78 is 0. The zero-order valence-electron chi connectivity index (χ0n) is 6.54. The van der Waals surface area contributed by atoms with Crippen molar-refractivity contribution >= 4 is 7.05 Å². The first-order chi connectivity index (χ1) is 4.79. The third kappa shape index (κ3) is 2.30. The summed E-state index contributed by atoms with van der Waals surface area (Å²) in [6.45, 7) is 4.41. The van der Waals surface area contributed by atoms with Crippen molar-refractivity contribution in [3.05, 3.63) is 23.8 Å². The third-order valence-corrected chi connectivity index (χ3v) is 1.34. The van der Waals surface area contributed by atoms with Gasteiger partial charge < -0.3 is 0 Å². The summed E-state index contributed by atoms with van der Waals surface area (Å²) >= 11 is 0. The van der Waals surface area contributed by atoms with Crippen LogP contribution in [0.5, 0.6) is 0 Å². The van der Waals surface area contributed by atoms with Crippen LogP contribution < -0.4 is 0 Å². The Balaban J connectivity index is 2.59. The molecule has 2 heteroatoms. The van der Waals surface area contributed by atoms with Crippen molar-refractivity contribution in [2.75, 3.05) is 0 Å². The molecule has 0 unspecified atom stereocenters. The molecule has 1 nitrogen and oxygen atoms in total. The van der Waals surface area contributed by atoms with Gasteiger partial charge in [0, 0.05) is 0 Å². The van der Waals surface area contributed by atoms with Crippen LogP contribution in [-0.4, -0.2) is 11.9 Å². The molecule has 0 saturated heterocycles. The molecule has 1 aromatic heterocycles. The molecule has 0 aliphatic rings. The van der Waals surface area contributed by atoms with Gasteiger partial charge in [-0.25, -0.2) is 0 Å². The summed E-state index contributed by atoms with van der Waals surface area (Å²) in [4.78, 5) is 4.22. The molecule has 1 aromatic rings. The first-order valence-electron chi connectivity index (χ1n) is 3.69. The first-order valence-corrected chi connectivity index (χ1v) is 3.69. The Bertz CT molecular complexity index is 184. The van der Waals surface area contributed by atoms with E-state index in [1.54, 1.807) is 0 Å². The zero-order chi connectivity index (χ0) is 7.40. The van der Waals surface area contributed by atoms with Crippen molar-refractivity contribution in [1.29, 1.82) is 0 Å². The van der Waals surface area contributed by atoms with E-state index in [9.17, 15) is 0 Å². The van der Waals surface area contributed by atoms with Crippen molar-refractivity contribution in [3.63, 3.8) is 0 Å². The Labute approximate surface area is 62.7 Å². The van der Waals surface area contributed by atoms with Gasteiger partial charge in [-0.15, -0.1) is 0 Å². The van der Waals surface area contributed by atoms with Gasteiger partial charge in [0.2, 0.25) is 0 Å². The second-order valence-electron chi connectivity index (χ2n) is 2.92. The summed E-state index contributed by atoms with van der Waals surface area (Å²) in [5.41, 5.74) is 1.19. The summed E-state index contributed by atoms with van der Waals surface area (Å²) in [5.74, 6) is 2.65. The summed E-state index contributed by atoms with van der Waals surface area (Å²) in [6.07, 6.45) is 1.08. The SMILES string of the molecule is CC(C)Cc1cccbn1. The minimum atomic E-state index is 0.704. The average Bonchev–Trinajstić information content (AvgIpc) is 1.88. The predicted molar refractivity (Wildman–Crippen MR) is 44.1 cm³/mol. The second-order valence-corrected chi connectivity index (χ2v) is 2.92. The Morgan fingerprint density at radius 2 is 2.40 bits per heavy atom. The van der Waals surface area contributed by atoms with E-state index in [1.165, 1.54) is 5.69 Å². The fourth-order valence-corrected chi connectivity index (χ4v) is 0.937. The molecule has 1 rings (SSSR count). The number of hydrogen-bond donors (Lipinski definition) is 0. The fourth-order valence-electron chi connectivity index (χ4n) is 0.937. The van der Waals surface area contributed by atoms with Gasteiger partial charge in [-0.2, -0.15) is 0 Å². The van der Waals surface area contributed by atoms with Crippen LogP contribution in [0.25, 0.3) is 0 Å². The molecule has 52 valence electrons. The van der Waals surface area contributed by atoms with Crippen molar-refractivity contribution < 1.29 is 0 Å². The monoisotopic (exact) mass is 133 g/mol.